The number of phenolic OH excluding ortho intramolecular Hbond substituents is 1. The van der Waals surface area contributed by atoms with E-state index in [1.165, 1.54) is 17.0 Å². The number of nitrogens with one attached hydrogen (secondary N) is 2. The van der Waals surface area contributed by atoms with Crippen LogP contribution >= 0.6 is 0 Å². The molecule has 3 N–H and O–H groups in total. The van der Waals surface area contributed by atoms with E-state index < -0.39 is 36.0 Å². The summed E-state index contributed by atoms with van der Waals surface area (Å²) in [7, 11) is 1.59. The van der Waals surface area contributed by atoms with Crippen LogP contribution < -0.4 is 10.6 Å². The Bertz CT molecular complexity index is 1080. The van der Waals surface area contributed by atoms with E-state index in [0.717, 1.165) is 10.5 Å². The maximum Gasteiger partial charge on any atom is 0.471 e. The molecule has 0 aromatic heterocycles. The number of benzene rings is 2. The van der Waals surface area contributed by atoms with Crippen molar-refractivity contribution in [1.29, 1.82) is 0 Å². The number of likely N-dealkylation sites (tertiary alicyclic amines) is 1. The number of hydrogen-bond donors (Lipinski definition) is 3. The molecule has 0 spiro atoms. The zero-order valence-electron chi connectivity index (χ0n) is 21.2. The van der Waals surface area contributed by atoms with Gasteiger partial charge in [-0.1, -0.05) is 42.5 Å². The number of nitrogens with zero attached hydrogens (tertiary/aromatic N) is 2. The van der Waals surface area contributed by atoms with Gasteiger partial charge in [-0.05, 0) is 49.6 Å². The number of aromatic hydroxyl groups is 1. The summed E-state index contributed by atoms with van der Waals surface area (Å²) in [6, 6.07) is 13.5. The number of phenols is 1. The van der Waals surface area contributed by atoms with Gasteiger partial charge in [0.15, 0.2) is 0 Å². The molecule has 11 heteroatoms. The zero-order chi connectivity index (χ0) is 27.7. The van der Waals surface area contributed by atoms with E-state index >= 15 is 0 Å². The lowest BCUT2D eigenvalue weighted by atomic mass is 10.0. The van der Waals surface area contributed by atoms with Gasteiger partial charge in [0, 0.05) is 32.1 Å². The standard InChI is InChI=1S/C27H33F3N4O4/c1-31-17-24(36)32-23(16-20-9-11-22(35)12-10-20)25(37)34-14-5-8-21(34)18-33(26(38)27(28,29)30)15-13-19-6-3-2-4-7-19/h2-4,6-7,9-12,21,23,31,35H,5,8,13-18H2,1H3,(H,32,36)/t21-,23-/m0/s1. The van der Waals surface area contributed by atoms with Crippen molar-refractivity contribution < 1.29 is 32.7 Å². The molecular weight excluding hydrogens is 501 g/mol. The molecule has 2 aromatic carbocycles. The van der Waals surface area contributed by atoms with Crippen LogP contribution in [-0.2, 0) is 27.2 Å². The van der Waals surface area contributed by atoms with E-state index in [0.29, 0.717) is 24.9 Å². The van der Waals surface area contributed by atoms with Gasteiger partial charge in [0.1, 0.15) is 11.8 Å². The fourth-order valence-electron chi connectivity index (χ4n) is 4.61. The van der Waals surface area contributed by atoms with Crippen molar-refractivity contribution in [3.63, 3.8) is 0 Å². The summed E-state index contributed by atoms with van der Waals surface area (Å²) in [5, 5.41) is 15.0. The Morgan fingerprint density at radius 2 is 1.76 bits per heavy atom. The molecular formula is C27H33F3N4O4. The van der Waals surface area contributed by atoms with Crippen LogP contribution in [0, 0.1) is 0 Å². The van der Waals surface area contributed by atoms with Crippen LogP contribution in [0.2, 0.25) is 0 Å². The Balaban J connectivity index is 1.77. The molecule has 38 heavy (non-hydrogen) atoms. The van der Waals surface area contributed by atoms with E-state index in [-0.39, 0.29) is 38.2 Å². The lowest BCUT2D eigenvalue weighted by Crippen LogP contribution is -2.55. The van der Waals surface area contributed by atoms with E-state index in [4.69, 9.17) is 0 Å². The monoisotopic (exact) mass is 534 g/mol. The molecule has 0 bridgehead atoms. The van der Waals surface area contributed by atoms with Crippen molar-refractivity contribution in [2.75, 3.05) is 33.2 Å². The smallest absolute Gasteiger partial charge is 0.471 e. The number of halogens is 3. The van der Waals surface area contributed by atoms with Crippen LogP contribution in [0.4, 0.5) is 13.2 Å². The van der Waals surface area contributed by atoms with Gasteiger partial charge in [-0.25, -0.2) is 0 Å². The van der Waals surface area contributed by atoms with Crippen LogP contribution in [0.25, 0.3) is 0 Å². The average Bonchev–Trinajstić information content (AvgIpc) is 3.35. The Labute approximate surface area is 219 Å². The third-order valence-corrected chi connectivity index (χ3v) is 6.48. The maximum absolute atomic E-state index is 13.6. The first-order valence-electron chi connectivity index (χ1n) is 12.5. The lowest BCUT2D eigenvalue weighted by molar-refractivity contribution is -0.186. The summed E-state index contributed by atoms with van der Waals surface area (Å²) < 4.78 is 40.3. The first-order valence-corrected chi connectivity index (χ1v) is 12.5. The fourth-order valence-corrected chi connectivity index (χ4v) is 4.61. The fraction of sp³-hybridized carbons (Fsp3) is 0.444. The highest BCUT2D eigenvalue weighted by Crippen LogP contribution is 2.24. The van der Waals surface area contributed by atoms with Gasteiger partial charge < -0.3 is 25.5 Å². The van der Waals surface area contributed by atoms with Crippen LogP contribution in [0.5, 0.6) is 5.75 Å². The van der Waals surface area contributed by atoms with Gasteiger partial charge in [-0.15, -0.1) is 0 Å². The van der Waals surface area contributed by atoms with Gasteiger partial charge in [0.2, 0.25) is 11.8 Å². The Morgan fingerprint density at radius 3 is 2.39 bits per heavy atom. The van der Waals surface area contributed by atoms with E-state index in [1.54, 1.807) is 49.5 Å². The Morgan fingerprint density at radius 1 is 1.08 bits per heavy atom. The topological polar surface area (TPSA) is 102 Å². The largest absolute Gasteiger partial charge is 0.508 e. The number of rotatable bonds is 11. The highest BCUT2D eigenvalue weighted by atomic mass is 19.4. The van der Waals surface area contributed by atoms with Crippen LogP contribution in [0.3, 0.4) is 0 Å². The molecule has 3 amide bonds. The molecule has 3 rings (SSSR count). The van der Waals surface area contributed by atoms with E-state index in [9.17, 15) is 32.7 Å². The van der Waals surface area contributed by atoms with Crippen molar-refractivity contribution in [1.82, 2.24) is 20.4 Å². The molecule has 0 saturated carbocycles. The van der Waals surface area contributed by atoms with Crippen molar-refractivity contribution >= 4 is 17.7 Å². The maximum atomic E-state index is 13.6. The molecule has 206 valence electrons. The molecule has 1 saturated heterocycles. The van der Waals surface area contributed by atoms with E-state index in [2.05, 4.69) is 10.6 Å². The predicted octanol–water partition coefficient (Wildman–Crippen LogP) is 2.26. The number of amides is 3. The highest BCUT2D eigenvalue weighted by molar-refractivity contribution is 5.89. The van der Waals surface area contributed by atoms with E-state index in [1.807, 2.05) is 0 Å². The molecule has 1 aliphatic heterocycles. The van der Waals surface area contributed by atoms with Crippen molar-refractivity contribution in [3.05, 3.63) is 65.7 Å². The number of carbonyl (C=O) groups excluding carboxylic acids is 3. The second kappa shape index (κ2) is 13.3. The number of likely N-dealkylation sites (N-methyl/N-ethyl adjacent to an activating group) is 1. The second-order valence-electron chi connectivity index (χ2n) is 9.33. The Kier molecular flexibility index (Phi) is 10.1. The van der Waals surface area contributed by atoms with Gasteiger partial charge in [0.05, 0.1) is 6.54 Å². The third kappa shape index (κ3) is 8.20. The van der Waals surface area contributed by atoms with Crippen molar-refractivity contribution in [2.45, 2.75) is 43.9 Å². The van der Waals surface area contributed by atoms with Crippen LogP contribution in [-0.4, -0.2) is 84.1 Å². The summed E-state index contributed by atoms with van der Waals surface area (Å²) in [6.45, 7) is -0.107. The van der Waals surface area contributed by atoms with Gasteiger partial charge in [0.25, 0.3) is 0 Å². The molecule has 1 aliphatic rings. The minimum absolute atomic E-state index is 0.0177. The second-order valence-corrected chi connectivity index (χ2v) is 9.33. The highest BCUT2D eigenvalue weighted by Gasteiger charge is 2.44. The first-order chi connectivity index (χ1) is 18.1. The molecule has 1 heterocycles. The minimum Gasteiger partial charge on any atom is -0.508 e. The summed E-state index contributed by atoms with van der Waals surface area (Å²) in [4.78, 5) is 40.5. The quantitative estimate of drug-likeness (QED) is 0.411. The summed E-state index contributed by atoms with van der Waals surface area (Å²) in [5.74, 6) is -2.71. The van der Waals surface area contributed by atoms with Gasteiger partial charge in [-0.2, -0.15) is 13.2 Å². The van der Waals surface area contributed by atoms with Crippen LogP contribution in [0.15, 0.2) is 54.6 Å². The molecule has 8 nitrogen and oxygen atoms in total. The first kappa shape index (κ1) is 29.0. The van der Waals surface area contributed by atoms with Crippen molar-refractivity contribution in [3.8, 4) is 5.75 Å². The molecule has 2 atom stereocenters. The minimum atomic E-state index is -5.04. The SMILES string of the molecule is CNCC(=O)N[C@@H](Cc1ccc(O)cc1)C(=O)N1CCC[C@H]1CN(CCc1ccccc1)C(=O)C(F)(F)F. The Hall–Kier alpha value is -3.60. The van der Waals surface area contributed by atoms with Crippen molar-refractivity contribution in [2.24, 2.45) is 0 Å². The van der Waals surface area contributed by atoms with Crippen LogP contribution in [0.1, 0.15) is 24.0 Å². The summed E-state index contributed by atoms with van der Waals surface area (Å²) >= 11 is 0. The lowest BCUT2D eigenvalue weighted by Gasteiger charge is -2.33. The predicted molar refractivity (Wildman–Crippen MR) is 135 cm³/mol. The molecule has 0 aliphatic carbocycles. The summed E-state index contributed by atoms with van der Waals surface area (Å²) in [5.41, 5.74) is 1.49. The van der Waals surface area contributed by atoms with Gasteiger partial charge in [-0.3, -0.25) is 14.4 Å². The third-order valence-electron chi connectivity index (χ3n) is 6.48. The molecule has 1 fully saturated rings. The summed E-state index contributed by atoms with van der Waals surface area (Å²) in [6.07, 6.45) is -3.65. The van der Waals surface area contributed by atoms with Gasteiger partial charge >= 0.3 is 12.1 Å². The molecule has 0 radical (unpaired) electrons. The molecule has 0 unspecified atom stereocenters. The number of carbonyl (C=O) groups is 3. The normalized spacial score (nSPS) is 16.2. The number of hydrogen-bond acceptors (Lipinski definition) is 5. The average molecular weight is 535 g/mol. The molecule has 2 aromatic rings. The number of alkyl halides is 3. The zero-order valence-corrected chi connectivity index (χ0v) is 21.2.